The molecule has 0 spiro atoms. The molecule has 0 aliphatic carbocycles. The average Bonchev–Trinajstić information content (AvgIpc) is 3.34. The summed E-state index contributed by atoms with van der Waals surface area (Å²) in [5.74, 6) is -0.741. The Kier molecular flexibility index (Phi) is 4.75. The first-order chi connectivity index (χ1) is 15.0. The maximum absolute atomic E-state index is 13.7. The Morgan fingerprint density at radius 2 is 1.90 bits per heavy atom. The molecule has 5 nitrogen and oxygen atoms in total. The van der Waals surface area contributed by atoms with Gasteiger partial charge in [-0.25, -0.2) is 14.4 Å². The van der Waals surface area contributed by atoms with Gasteiger partial charge in [-0.1, -0.05) is 13.0 Å². The Bertz CT molecular complexity index is 1440. The molecule has 7 heteroatoms. The van der Waals surface area contributed by atoms with E-state index in [0.29, 0.717) is 29.1 Å². The number of halogens is 1. The van der Waals surface area contributed by atoms with E-state index in [1.165, 1.54) is 22.2 Å². The molecule has 3 aromatic heterocycles. The normalized spacial score (nSPS) is 11.3. The third kappa shape index (κ3) is 3.57. The predicted octanol–water partition coefficient (Wildman–Crippen LogP) is 5.87. The molecule has 0 atom stereocenters. The molecular weight excluding hydrogens is 411 g/mol. The topological polar surface area (TPSA) is 59.3 Å². The van der Waals surface area contributed by atoms with Crippen molar-refractivity contribution in [2.75, 3.05) is 5.32 Å². The molecule has 3 heterocycles. The van der Waals surface area contributed by atoms with Crippen LogP contribution >= 0.6 is 11.3 Å². The van der Waals surface area contributed by atoms with Crippen molar-refractivity contribution in [2.24, 2.45) is 0 Å². The second-order valence-corrected chi connectivity index (χ2v) is 8.39. The van der Waals surface area contributed by atoms with E-state index in [0.717, 1.165) is 20.8 Å². The first-order valence-electron chi connectivity index (χ1n) is 9.97. The first-order valence-corrected chi connectivity index (χ1v) is 10.8. The molecule has 0 saturated carbocycles. The van der Waals surface area contributed by atoms with Gasteiger partial charge in [0.2, 0.25) is 0 Å². The number of aryl methyl sites for hydroxylation is 2. The van der Waals surface area contributed by atoms with Gasteiger partial charge in [-0.2, -0.15) is 0 Å². The minimum atomic E-state index is -0.419. The zero-order valence-corrected chi connectivity index (χ0v) is 17.8. The average molecular weight is 431 g/mol. The number of hydrogen-bond acceptors (Lipinski definition) is 4. The van der Waals surface area contributed by atoms with E-state index in [2.05, 4.69) is 29.4 Å². The Balaban J connectivity index is 1.42. The number of benzene rings is 2. The van der Waals surface area contributed by atoms with Crippen molar-refractivity contribution in [1.29, 1.82) is 0 Å². The highest BCUT2D eigenvalue weighted by Gasteiger charge is 2.19. The minimum Gasteiger partial charge on any atom is -0.321 e. The van der Waals surface area contributed by atoms with Crippen LogP contribution in [0.5, 0.6) is 0 Å². The largest absolute Gasteiger partial charge is 0.321 e. The highest BCUT2D eigenvalue weighted by atomic mass is 32.1. The molecule has 0 radical (unpaired) electrons. The number of aromatic nitrogens is 3. The fourth-order valence-electron chi connectivity index (χ4n) is 3.60. The molecule has 0 unspecified atom stereocenters. The molecule has 5 rings (SSSR count). The van der Waals surface area contributed by atoms with Crippen molar-refractivity contribution in [2.45, 2.75) is 20.3 Å². The van der Waals surface area contributed by atoms with Crippen LogP contribution in [0.1, 0.15) is 28.7 Å². The third-order valence-corrected chi connectivity index (χ3v) is 6.21. The highest BCUT2D eigenvalue weighted by molar-refractivity contribution is 7.21. The van der Waals surface area contributed by atoms with Crippen LogP contribution in [0.25, 0.3) is 26.4 Å². The number of pyridine rings is 1. The van der Waals surface area contributed by atoms with Crippen LogP contribution in [0.2, 0.25) is 0 Å². The second-order valence-electron chi connectivity index (χ2n) is 7.36. The Hall–Kier alpha value is -3.58. The van der Waals surface area contributed by atoms with Gasteiger partial charge in [-0.05, 0) is 67.4 Å². The van der Waals surface area contributed by atoms with Crippen molar-refractivity contribution < 1.29 is 9.18 Å². The molecule has 154 valence electrons. The van der Waals surface area contributed by atoms with E-state index in [1.54, 1.807) is 17.4 Å². The SMILES string of the molecule is CCc1nc2ccc(F)cn2c1C(=O)Nc1ccc(-c2nc3ccc(C)cc3s2)cc1. The number of amides is 1. The van der Waals surface area contributed by atoms with E-state index in [9.17, 15) is 9.18 Å². The van der Waals surface area contributed by atoms with Gasteiger partial charge in [0.25, 0.3) is 5.91 Å². The standard InChI is InChI=1S/C24H19FN4OS/c1-3-18-22(29-13-16(25)7-11-21(29)27-18)23(30)26-17-8-5-15(6-9-17)24-28-19-10-4-14(2)12-20(19)31-24/h4-13H,3H2,1-2H3,(H,26,30). The van der Waals surface area contributed by atoms with E-state index in [4.69, 9.17) is 4.98 Å². The molecule has 0 saturated heterocycles. The fourth-order valence-corrected chi connectivity index (χ4v) is 4.67. The Morgan fingerprint density at radius 3 is 2.68 bits per heavy atom. The van der Waals surface area contributed by atoms with Gasteiger partial charge in [0, 0.05) is 17.4 Å². The molecule has 1 amide bonds. The summed E-state index contributed by atoms with van der Waals surface area (Å²) in [4.78, 5) is 22.1. The number of anilines is 1. The first kappa shape index (κ1) is 19.4. The number of rotatable bonds is 4. The van der Waals surface area contributed by atoms with Gasteiger partial charge in [-0.15, -0.1) is 11.3 Å². The summed E-state index contributed by atoms with van der Waals surface area (Å²) >= 11 is 1.64. The van der Waals surface area contributed by atoms with E-state index >= 15 is 0 Å². The predicted molar refractivity (Wildman–Crippen MR) is 122 cm³/mol. The van der Waals surface area contributed by atoms with Gasteiger partial charge in [-0.3, -0.25) is 9.20 Å². The Morgan fingerprint density at radius 1 is 1.10 bits per heavy atom. The molecule has 0 aliphatic heterocycles. The molecule has 5 aromatic rings. The van der Waals surface area contributed by atoms with Crippen molar-refractivity contribution in [1.82, 2.24) is 14.4 Å². The molecule has 2 aromatic carbocycles. The maximum Gasteiger partial charge on any atom is 0.274 e. The van der Waals surface area contributed by atoms with Gasteiger partial charge in [0.05, 0.1) is 15.9 Å². The summed E-state index contributed by atoms with van der Waals surface area (Å²) in [7, 11) is 0. The lowest BCUT2D eigenvalue weighted by atomic mass is 10.2. The zero-order chi connectivity index (χ0) is 21.5. The minimum absolute atomic E-state index is 0.321. The summed E-state index contributed by atoms with van der Waals surface area (Å²) in [6.45, 7) is 3.99. The van der Waals surface area contributed by atoms with Crippen LogP contribution in [0.3, 0.4) is 0 Å². The quantitative estimate of drug-likeness (QED) is 0.388. The molecule has 0 fully saturated rings. The summed E-state index contributed by atoms with van der Waals surface area (Å²) in [6, 6.07) is 16.7. The monoisotopic (exact) mass is 430 g/mol. The molecule has 1 N–H and O–H groups in total. The smallest absolute Gasteiger partial charge is 0.274 e. The number of nitrogens with one attached hydrogen (secondary N) is 1. The van der Waals surface area contributed by atoms with Crippen LogP contribution < -0.4 is 5.32 Å². The van der Waals surface area contributed by atoms with Crippen molar-refractivity contribution in [3.8, 4) is 10.6 Å². The number of fused-ring (bicyclic) bond motifs is 2. The lowest BCUT2D eigenvalue weighted by Crippen LogP contribution is -2.16. The number of carbonyl (C=O) groups is 1. The summed E-state index contributed by atoms with van der Waals surface area (Å²) in [5.41, 5.74) is 5.36. The van der Waals surface area contributed by atoms with Gasteiger partial charge in [0.1, 0.15) is 22.2 Å². The van der Waals surface area contributed by atoms with Crippen molar-refractivity contribution in [3.63, 3.8) is 0 Å². The Labute approximate surface area is 182 Å². The lowest BCUT2D eigenvalue weighted by Gasteiger charge is -2.07. The van der Waals surface area contributed by atoms with Gasteiger partial charge >= 0.3 is 0 Å². The van der Waals surface area contributed by atoms with E-state index in [1.807, 2.05) is 37.3 Å². The fraction of sp³-hybridized carbons (Fsp3) is 0.125. The number of nitrogens with zero attached hydrogens (tertiary/aromatic N) is 3. The van der Waals surface area contributed by atoms with Gasteiger partial charge < -0.3 is 5.32 Å². The molecular formula is C24H19FN4OS. The number of thiazole rings is 1. The molecule has 0 bridgehead atoms. The molecule has 31 heavy (non-hydrogen) atoms. The van der Waals surface area contributed by atoms with E-state index < -0.39 is 5.82 Å². The van der Waals surface area contributed by atoms with Crippen molar-refractivity contribution >= 4 is 38.8 Å². The van der Waals surface area contributed by atoms with Crippen LogP contribution in [0.15, 0.2) is 60.8 Å². The third-order valence-electron chi connectivity index (χ3n) is 5.14. The summed E-state index contributed by atoms with van der Waals surface area (Å²) in [5, 5.41) is 3.84. The van der Waals surface area contributed by atoms with E-state index in [-0.39, 0.29) is 5.91 Å². The highest BCUT2D eigenvalue weighted by Crippen LogP contribution is 2.31. The summed E-state index contributed by atoms with van der Waals surface area (Å²) < 4.78 is 16.4. The summed E-state index contributed by atoms with van der Waals surface area (Å²) in [6.07, 6.45) is 1.86. The second kappa shape index (κ2) is 7.59. The van der Waals surface area contributed by atoms with Crippen LogP contribution in [0, 0.1) is 12.7 Å². The maximum atomic E-state index is 13.7. The van der Waals surface area contributed by atoms with Crippen LogP contribution in [-0.2, 0) is 6.42 Å². The number of hydrogen-bond donors (Lipinski definition) is 1. The van der Waals surface area contributed by atoms with Crippen LogP contribution in [0.4, 0.5) is 10.1 Å². The number of carbonyl (C=O) groups excluding carboxylic acids is 1. The number of imidazole rings is 1. The lowest BCUT2D eigenvalue weighted by molar-refractivity contribution is 0.102. The van der Waals surface area contributed by atoms with Crippen LogP contribution in [-0.4, -0.2) is 20.3 Å². The zero-order valence-electron chi connectivity index (χ0n) is 17.0. The van der Waals surface area contributed by atoms with Crippen molar-refractivity contribution in [3.05, 3.63) is 83.6 Å². The van der Waals surface area contributed by atoms with Gasteiger partial charge in [0.15, 0.2) is 0 Å². The molecule has 0 aliphatic rings.